The molecule has 1 N–H and O–H groups in total. The fourth-order valence-corrected chi connectivity index (χ4v) is 2.87. The molecule has 1 aromatic carbocycles. The van der Waals surface area contributed by atoms with Gasteiger partial charge in [0.25, 0.3) is 0 Å². The van der Waals surface area contributed by atoms with Crippen molar-refractivity contribution in [2.75, 3.05) is 5.32 Å². The number of hydrogen-bond acceptors (Lipinski definition) is 3. The zero-order valence-electron chi connectivity index (χ0n) is 15.1. The van der Waals surface area contributed by atoms with E-state index in [0.29, 0.717) is 23.9 Å². The third kappa shape index (κ3) is 4.14. The maximum Gasteiger partial charge on any atom is 0.230 e. The first-order valence-corrected chi connectivity index (χ1v) is 8.89. The fourth-order valence-electron chi connectivity index (χ4n) is 2.73. The van der Waals surface area contributed by atoms with Crippen LogP contribution in [0.3, 0.4) is 0 Å². The quantitative estimate of drug-likeness (QED) is 0.719. The molecule has 0 saturated heterocycles. The summed E-state index contributed by atoms with van der Waals surface area (Å²) >= 11 is 6.16. The second-order valence-corrected chi connectivity index (χ2v) is 6.82. The Labute approximate surface area is 157 Å². The molecule has 0 aliphatic carbocycles. The van der Waals surface area contributed by atoms with Gasteiger partial charge in [-0.15, -0.1) is 0 Å². The molecule has 0 spiro atoms. The number of nitrogens with zero attached hydrogens (tertiary/aromatic N) is 4. The summed E-state index contributed by atoms with van der Waals surface area (Å²) in [6.07, 6.45) is 1.86. The van der Waals surface area contributed by atoms with E-state index in [1.54, 1.807) is 15.4 Å². The van der Waals surface area contributed by atoms with Crippen LogP contribution in [0.5, 0.6) is 0 Å². The van der Waals surface area contributed by atoms with Crippen molar-refractivity contribution in [3.05, 3.63) is 64.6 Å². The van der Waals surface area contributed by atoms with Crippen LogP contribution >= 0.6 is 11.6 Å². The normalized spacial score (nSPS) is 12.2. The Morgan fingerprint density at radius 1 is 1.19 bits per heavy atom. The number of rotatable bonds is 6. The van der Waals surface area contributed by atoms with Gasteiger partial charge in [-0.05, 0) is 19.4 Å². The lowest BCUT2D eigenvalue weighted by atomic mass is 10.1. The largest absolute Gasteiger partial charge is 0.309 e. The Hall–Kier alpha value is -2.60. The Morgan fingerprint density at radius 2 is 1.92 bits per heavy atom. The molecule has 0 aliphatic heterocycles. The molecule has 0 fully saturated rings. The number of amides is 1. The standard InChI is InChI=1S/C19H22ClN5O/c1-13(11-25-15(3)18(20)14(2)22-25)19(26)21-17-9-10-24(23-17)12-16-7-5-4-6-8-16/h4-10,13H,11-12H2,1-3H3,(H,21,23,26). The van der Waals surface area contributed by atoms with Gasteiger partial charge >= 0.3 is 0 Å². The van der Waals surface area contributed by atoms with Crippen molar-refractivity contribution < 1.29 is 4.79 Å². The maximum atomic E-state index is 12.5. The average molecular weight is 372 g/mol. The van der Waals surface area contributed by atoms with Crippen molar-refractivity contribution in [3.63, 3.8) is 0 Å². The molecule has 3 rings (SSSR count). The van der Waals surface area contributed by atoms with Crippen molar-refractivity contribution in [1.29, 1.82) is 0 Å². The van der Waals surface area contributed by atoms with Gasteiger partial charge in [0.15, 0.2) is 5.82 Å². The Kier molecular flexibility index (Phi) is 5.42. The van der Waals surface area contributed by atoms with Crippen molar-refractivity contribution in [2.24, 2.45) is 5.92 Å². The molecule has 3 aromatic rings. The van der Waals surface area contributed by atoms with Gasteiger partial charge in [0.2, 0.25) is 5.91 Å². The molecule has 136 valence electrons. The van der Waals surface area contributed by atoms with Gasteiger partial charge in [0.05, 0.1) is 35.4 Å². The highest BCUT2D eigenvalue weighted by Crippen LogP contribution is 2.20. The first-order valence-electron chi connectivity index (χ1n) is 8.52. The molecule has 0 saturated carbocycles. The molecule has 1 unspecified atom stereocenters. The average Bonchev–Trinajstić information content (AvgIpc) is 3.16. The van der Waals surface area contributed by atoms with E-state index >= 15 is 0 Å². The molecule has 1 atom stereocenters. The van der Waals surface area contributed by atoms with Crippen LogP contribution in [-0.4, -0.2) is 25.5 Å². The minimum atomic E-state index is -0.261. The Bertz CT molecular complexity index is 900. The maximum absolute atomic E-state index is 12.5. The number of aryl methyl sites for hydroxylation is 1. The van der Waals surface area contributed by atoms with Crippen molar-refractivity contribution >= 4 is 23.3 Å². The van der Waals surface area contributed by atoms with Crippen molar-refractivity contribution in [2.45, 2.75) is 33.9 Å². The minimum Gasteiger partial charge on any atom is -0.309 e. The van der Waals surface area contributed by atoms with Crippen LogP contribution in [-0.2, 0) is 17.9 Å². The number of carbonyl (C=O) groups is 1. The van der Waals surface area contributed by atoms with Crippen molar-refractivity contribution in [1.82, 2.24) is 19.6 Å². The minimum absolute atomic E-state index is 0.0985. The molecule has 6 nitrogen and oxygen atoms in total. The lowest BCUT2D eigenvalue weighted by Gasteiger charge is -2.12. The summed E-state index contributed by atoms with van der Waals surface area (Å²) in [5.41, 5.74) is 2.80. The molecular formula is C19H22ClN5O. The van der Waals surface area contributed by atoms with E-state index in [1.807, 2.05) is 57.3 Å². The third-order valence-electron chi connectivity index (χ3n) is 4.27. The van der Waals surface area contributed by atoms with E-state index in [0.717, 1.165) is 17.0 Å². The van der Waals surface area contributed by atoms with E-state index in [-0.39, 0.29) is 11.8 Å². The van der Waals surface area contributed by atoms with Gasteiger partial charge in [0, 0.05) is 12.3 Å². The van der Waals surface area contributed by atoms with Gasteiger partial charge in [-0.3, -0.25) is 14.2 Å². The van der Waals surface area contributed by atoms with Crippen LogP contribution in [0.2, 0.25) is 5.02 Å². The number of hydrogen-bond donors (Lipinski definition) is 1. The molecule has 2 heterocycles. The zero-order chi connectivity index (χ0) is 18.7. The van der Waals surface area contributed by atoms with Gasteiger partial charge in [0.1, 0.15) is 0 Å². The van der Waals surface area contributed by atoms with Gasteiger partial charge < -0.3 is 5.32 Å². The zero-order valence-corrected chi connectivity index (χ0v) is 15.9. The first-order chi connectivity index (χ1) is 12.4. The second kappa shape index (κ2) is 7.74. The number of carbonyl (C=O) groups excluding carboxylic acids is 1. The summed E-state index contributed by atoms with van der Waals surface area (Å²) in [4.78, 5) is 12.5. The van der Waals surface area contributed by atoms with Crippen molar-refractivity contribution in [3.8, 4) is 0 Å². The van der Waals surface area contributed by atoms with E-state index in [1.165, 1.54) is 0 Å². The number of aromatic nitrogens is 4. The summed E-state index contributed by atoms with van der Waals surface area (Å²) < 4.78 is 3.58. The fraction of sp³-hybridized carbons (Fsp3) is 0.316. The van der Waals surface area contributed by atoms with Gasteiger partial charge in [-0.1, -0.05) is 48.9 Å². The molecule has 0 radical (unpaired) electrons. The smallest absolute Gasteiger partial charge is 0.230 e. The first kappa shape index (κ1) is 18.2. The molecule has 7 heteroatoms. The SMILES string of the molecule is Cc1nn(CC(C)C(=O)Nc2ccn(Cc3ccccc3)n2)c(C)c1Cl. The lowest BCUT2D eigenvalue weighted by molar-refractivity contribution is -0.119. The summed E-state index contributed by atoms with van der Waals surface area (Å²) in [5.74, 6) is 0.186. The lowest BCUT2D eigenvalue weighted by Crippen LogP contribution is -2.25. The predicted octanol–water partition coefficient (Wildman–Crippen LogP) is 3.67. The number of halogens is 1. The summed E-state index contributed by atoms with van der Waals surface area (Å²) in [5, 5.41) is 12.3. The molecule has 1 amide bonds. The second-order valence-electron chi connectivity index (χ2n) is 6.44. The van der Waals surface area contributed by atoms with E-state index < -0.39 is 0 Å². The Balaban J connectivity index is 1.60. The number of nitrogens with one attached hydrogen (secondary N) is 1. The van der Waals surface area contributed by atoms with Crippen LogP contribution in [0.15, 0.2) is 42.6 Å². The highest BCUT2D eigenvalue weighted by Gasteiger charge is 2.18. The van der Waals surface area contributed by atoms with Crippen LogP contribution in [0, 0.1) is 19.8 Å². The summed E-state index contributed by atoms with van der Waals surface area (Å²) in [6.45, 7) is 6.75. The topological polar surface area (TPSA) is 64.7 Å². The molecule has 2 aromatic heterocycles. The molecule has 26 heavy (non-hydrogen) atoms. The van der Waals surface area contributed by atoms with E-state index in [2.05, 4.69) is 15.5 Å². The Morgan fingerprint density at radius 3 is 2.58 bits per heavy atom. The monoisotopic (exact) mass is 371 g/mol. The number of benzene rings is 1. The highest BCUT2D eigenvalue weighted by molar-refractivity contribution is 6.31. The molecular weight excluding hydrogens is 350 g/mol. The summed E-state index contributed by atoms with van der Waals surface area (Å²) in [7, 11) is 0. The van der Waals surface area contributed by atoms with Crippen LogP contribution < -0.4 is 5.32 Å². The van der Waals surface area contributed by atoms with E-state index in [4.69, 9.17) is 11.6 Å². The van der Waals surface area contributed by atoms with Gasteiger partial charge in [-0.25, -0.2) is 0 Å². The van der Waals surface area contributed by atoms with Crippen LogP contribution in [0.25, 0.3) is 0 Å². The van der Waals surface area contributed by atoms with Gasteiger partial charge in [-0.2, -0.15) is 10.2 Å². The van der Waals surface area contributed by atoms with E-state index in [9.17, 15) is 4.79 Å². The van der Waals surface area contributed by atoms with Crippen LogP contribution in [0.4, 0.5) is 5.82 Å². The third-order valence-corrected chi connectivity index (χ3v) is 4.81. The summed E-state index contributed by atoms with van der Waals surface area (Å²) in [6, 6.07) is 11.9. The molecule has 0 aliphatic rings. The van der Waals surface area contributed by atoms with Crippen LogP contribution in [0.1, 0.15) is 23.9 Å². The predicted molar refractivity (Wildman–Crippen MR) is 102 cm³/mol. The molecule has 0 bridgehead atoms. The highest BCUT2D eigenvalue weighted by atomic mass is 35.5. The number of anilines is 1.